The Morgan fingerprint density at radius 3 is 1.37 bits per heavy atom. The van der Waals surface area contributed by atoms with Gasteiger partial charge in [0.25, 0.3) is 0 Å². The summed E-state index contributed by atoms with van der Waals surface area (Å²) in [6.45, 7) is 21.8. The molecule has 0 bridgehead atoms. The molecule has 0 aromatic heterocycles. The Morgan fingerprint density at radius 2 is 1.06 bits per heavy atom. The predicted molar refractivity (Wildman–Crippen MR) is 153 cm³/mol. The van der Waals surface area contributed by atoms with Gasteiger partial charge in [-0.15, -0.1) is 0 Å². The van der Waals surface area contributed by atoms with Gasteiger partial charge in [0.05, 0.1) is 54.5 Å². The van der Waals surface area contributed by atoms with Gasteiger partial charge in [0.15, 0.2) is 16.6 Å². The van der Waals surface area contributed by atoms with Crippen LogP contribution in [0.2, 0.25) is 38.3 Å². The average Bonchev–Trinajstić information content (AvgIpc) is 2.65. The lowest BCUT2D eigenvalue weighted by Gasteiger charge is -2.34. The summed E-state index contributed by atoms with van der Waals surface area (Å²) in [6, 6.07) is 2.11. The number of quaternary nitrogens is 2. The zero-order valence-electron chi connectivity index (χ0n) is 24.2. The maximum absolute atomic E-state index is 10.2. The van der Waals surface area contributed by atoms with Gasteiger partial charge in [0, 0.05) is 13.2 Å². The molecule has 0 spiro atoms. The zero-order valence-corrected chi connectivity index (χ0v) is 26.2. The standard InChI is InChI=1S/C26H58N2O5Si2/c1-11-15-27(3,4)21-25(29)23-31-17-13-19-34(7,8)33-35(9,10)20-14-18-32-24-26(30)22-28(5,6)16-12-2/h11-12,25-26,29-30H,1-2,13-24H2,3-10H3/q+2. The molecule has 0 aromatic carbocycles. The summed E-state index contributed by atoms with van der Waals surface area (Å²) >= 11 is 0. The summed E-state index contributed by atoms with van der Waals surface area (Å²) in [5, 5.41) is 20.5. The second-order valence-electron chi connectivity index (χ2n) is 12.5. The number of nitrogens with zero attached hydrogens (tertiary/aromatic N) is 2. The highest BCUT2D eigenvalue weighted by molar-refractivity contribution is 6.84. The topological polar surface area (TPSA) is 68.2 Å². The van der Waals surface area contributed by atoms with E-state index in [1.54, 1.807) is 0 Å². The zero-order chi connectivity index (χ0) is 27.2. The smallest absolute Gasteiger partial charge is 0.173 e. The first kappa shape index (κ1) is 34.6. The van der Waals surface area contributed by atoms with Gasteiger partial charge >= 0.3 is 0 Å². The van der Waals surface area contributed by atoms with E-state index in [1.165, 1.54) is 0 Å². The van der Waals surface area contributed by atoms with Crippen LogP contribution in [0, 0.1) is 0 Å². The maximum Gasteiger partial charge on any atom is 0.173 e. The van der Waals surface area contributed by atoms with Crippen LogP contribution in [0.3, 0.4) is 0 Å². The third-order valence-corrected chi connectivity index (χ3v) is 13.5. The minimum absolute atomic E-state index is 0.376. The maximum atomic E-state index is 10.2. The molecule has 2 unspecified atom stereocenters. The van der Waals surface area contributed by atoms with Crippen molar-refractivity contribution in [2.75, 3.05) is 80.8 Å². The molecule has 35 heavy (non-hydrogen) atoms. The molecule has 0 aromatic rings. The van der Waals surface area contributed by atoms with Crippen molar-refractivity contribution in [1.82, 2.24) is 0 Å². The highest BCUT2D eigenvalue weighted by Gasteiger charge is 2.32. The summed E-state index contributed by atoms with van der Waals surface area (Å²) in [6.07, 6.45) is 4.77. The number of aliphatic hydroxyl groups excluding tert-OH is 2. The Balaban J connectivity index is 4.11. The molecule has 0 heterocycles. The van der Waals surface area contributed by atoms with E-state index in [0.29, 0.717) is 48.5 Å². The van der Waals surface area contributed by atoms with Gasteiger partial charge in [-0.3, -0.25) is 0 Å². The minimum Gasteiger partial charge on any atom is -0.455 e. The van der Waals surface area contributed by atoms with Gasteiger partial charge in [-0.05, 0) is 63.3 Å². The van der Waals surface area contributed by atoms with Crippen molar-refractivity contribution < 1.29 is 32.8 Å². The van der Waals surface area contributed by atoms with Crippen LogP contribution in [-0.4, -0.2) is 129 Å². The van der Waals surface area contributed by atoms with Crippen molar-refractivity contribution in [2.24, 2.45) is 0 Å². The molecule has 0 aliphatic carbocycles. The Bertz CT molecular complexity index is 550. The number of likely N-dealkylation sites (N-methyl/N-ethyl adjacent to an activating group) is 2. The molecule has 2 atom stereocenters. The highest BCUT2D eigenvalue weighted by Crippen LogP contribution is 2.24. The SMILES string of the molecule is C=CC[N+](C)(C)CC(O)COCCC[Si](C)(C)O[Si](C)(C)CCCOCC(O)C[N+](C)(C)CC=C. The molecule has 0 radical (unpaired) electrons. The van der Waals surface area contributed by atoms with Crippen LogP contribution >= 0.6 is 0 Å². The normalized spacial score (nSPS) is 15.1. The molecule has 2 N–H and O–H groups in total. The van der Waals surface area contributed by atoms with Crippen molar-refractivity contribution in [2.45, 2.75) is 63.3 Å². The van der Waals surface area contributed by atoms with Gasteiger partial charge < -0.3 is 32.8 Å². The minimum atomic E-state index is -1.77. The summed E-state index contributed by atoms with van der Waals surface area (Å²) in [5.41, 5.74) is 0. The van der Waals surface area contributed by atoms with Crippen molar-refractivity contribution in [3.63, 3.8) is 0 Å². The third kappa shape index (κ3) is 19.4. The van der Waals surface area contributed by atoms with E-state index in [0.717, 1.165) is 38.0 Å². The number of aliphatic hydroxyl groups is 2. The first-order valence-corrected chi connectivity index (χ1v) is 19.3. The van der Waals surface area contributed by atoms with E-state index < -0.39 is 28.8 Å². The van der Waals surface area contributed by atoms with E-state index in [9.17, 15) is 10.2 Å². The van der Waals surface area contributed by atoms with Crippen molar-refractivity contribution in [3.05, 3.63) is 25.3 Å². The van der Waals surface area contributed by atoms with Gasteiger partial charge in [-0.25, -0.2) is 0 Å². The molecule has 7 nitrogen and oxygen atoms in total. The van der Waals surface area contributed by atoms with E-state index in [2.05, 4.69) is 67.5 Å². The lowest BCUT2D eigenvalue weighted by Crippen LogP contribution is -2.46. The van der Waals surface area contributed by atoms with Gasteiger partial charge in [0.1, 0.15) is 25.3 Å². The molecule has 0 aliphatic heterocycles. The van der Waals surface area contributed by atoms with Crippen molar-refractivity contribution in [1.29, 1.82) is 0 Å². The van der Waals surface area contributed by atoms with Crippen LogP contribution in [0.25, 0.3) is 0 Å². The fraction of sp³-hybridized carbons (Fsp3) is 0.846. The molecule has 0 saturated carbocycles. The molecule has 208 valence electrons. The Morgan fingerprint density at radius 1 is 0.714 bits per heavy atom. The quantitative estimate of drug-likeness (QED) is 0.0963. The van der Waals surface area contributed by atoms with Gasteiger partial charge in [-0.2, -0.15) is 0 Å². The van der Waals surface area contributed by atoms with Crippen LogP contribution in [-0.2, 0) is 13.6 Å². The van der Waals surface area contributed by atoms with Crippen molar-refractivity contribution >= 4 is 16.6 Å². The largest absolute Gasteiger partial charge is 0.455 e. The number of hydrogen-bond acceptors (Lipinski definition) is 5. The fourth-order valence-electron chi connectivity index (χ4n) is 4.58. The number of hydrogen-bond donors (Lipinski definition) is 2. The molecule has 0 aliphatic rings. The first-order chi connectivity index (χ1) is 16.0. The van der Waals surface area contributed by atoms with Crippen LogP contribution in [0.5, 0.6) is 0 Å². The van der Waals surface area contributed by atoms with E-state index in [-0.39, 0.29) is 0 Å². The molecule has 9 heteroatoms. The van der Waals surface area contributed by atoms with Crippen LogP contribution in [0.4, 0.5) is 0 Å². The summed E-state index contributed by atoms with van der Waals surface area (Å²) in [4.78, 5) is 0. The summed E-state index contributed by atoms with van der Waals surface area (Å²) in [7, 11) is 4.80. The molecule has 0 rings (SSSR count). The van der Waals surface area contributed by atoms with E-state index in [1.807, 2.05) is 12.2 Å². The third-order valence-electron chi connectivity index (χ3n) is 5.96. The van der Waals surface area contributed by atoms with E-state index in [4.69, 9.17) is 13.6 Å². The molecule has 0 saturated heterocycles. The second kappa shape index (κ2) is 16.5. The summed E-state index contributed by atoms with van der Waals surface area (Å²) in [5.74, 6) is 0. The second-order valence-corrected chi connectivity index (χ2v) is 21.3. The fourth-order valence-corrected chi connectivity index (χ4v) is 13.4. The average molecular weight is 535 g/mol. The molecule has 0 amide bonds. The molecular weight excluding hydrogens is 476 g/mol. The van der Waals surface area contributed by atoms with E-state index >= 15 is 0 Å². The Labute approximate surface area is 218 Å². The summed E-state index contributed by atoms with van der Waals surface area (Å²) < 4.78 is 19.6. The molecular formula is C26H58N2O5Si2+2. The number of rotatable bonds is 22. The highest BCUT2D eigenvalue weighted by atomic mass is 28.4. The first-order valence-electron chi connectivity index (χ1n) is 13.1. The Kier molecular flexibility index (Phi) is 16.3. The van der Waals surface area contributed by atoms with Crippen LogP contribution < -0.4 is 0 Å². The Hall–Kier alpha value is -0.366. The van der Waals surface area contributed by atoms with Gasteiger partial charge in [-0.1, -0.05) is 13.2 Å². The monoisotopic (exact) mass is 534 g/mol. The molecule has 0 fully saturated rings. The van der Waals surface area contributed by atoms with Crippen LogP contribution in [0.15, 0.2) is 25.3 Å². The predicted octanol–water partition coefficient (Wildman–Crippen LogP) is 3.47. The van der Waals surface area contributed by atoms with Gasteiger partial charge in [0.2, 0.25) is 0 Å². The van der Waals surface area contributed by atoms with Crippen LogP contribution in [0.1, 0.15) is 12.8 Å². The lowest BCUT2D eigenvalue weighted by atomic mass is 10.3. The lowest BCUT2D eigenvalue weighted by molar-refractivity contribution is -0.887. The van der Waals surface area contributed by atoms with Crippen molar-refractivity contribution in [3.8, 4) is 0 Å². The number of ether oxygens (including phenoxy) is 2.